The van der Waals surface area contributed by atoms with Crippen molar-refractivity contribution in [2.45, 2.75) is 6.04 Å². The van der Waals surface area contributed by atoms with E-state index >= 15 is 0 Å². The molecule has 4 aromatic carbocycles. The Morgan fingerprint density at radius 2 is 1.36 bits per heavy atom. The molecule has 2 heteroatoms. The molecular weight excluding hydrogens is 306 g/mol. The summed E-state index contributed by atoms with van der Waals surface area (Å²) in [6, 6.07) is 28.9. The van der Waals surface area contributed by atoms with Gasteiger partial charge in [-0.3, -0.25) is 0 Å². The van der Waals surface area contributed by atoms with Crippen LogP contribution < -0.4 is 5.73 Å². The third kappa shape index (κ3) is 2.23. The monoisotopic (exact) mass is 323 g/mol. The zero-order valence-electron chi connectivity index (χ0n) is 13.6. The third-order valence-corrected chi connectivity index (χ3v) is 4.92. The van der Waals surface area contributed by atoms with Crippen molar-refractivity contribution in [3.05, 3.63) is 96.1 Å². The van der Waals surface area contributed by atoms with Gasteiger partial charge in [-0.25, -0.2) is 0 Å². The van der Waals surface area contributed by atoms with Crippen molar-refractivity contribution >= 4 is 32.7 Å². The van der Waals surface area contributed by atoms with Crippen LogP contribution >= 0.6 is 0 Å². The Hall–Kier alpha value is -3.10. The fraction of sp³-hybridized carbons (Fsp3) is 0.0435. The molecule has 120 valence electrons. The fourth-order valence-electron chi connectivity index (χ4n) is 3.64. The summed E-state index contributed by atoms with van der Waals surface area (Å²) in [5, 5.41) is 4.66. The molecule has 0 saturated heterocycles. The van der Waals surface area contributed by atoms with E-state index in [2.05, 4.69) is 60.7 Å². The van der Waals surface area contributed by atoms with Crippen LogP contribution in [0.5, 0.6) is 0 Å². The molecule has 1 aromatic heterocycles. The first kappa shape index (κ1) is 14.3. The van der Waals surface area contributed by atoms with Crippen LogP contribution in [0.3, 0.4) is 0 Å². The highest BCUT2D eigenvalue weighted by molar-refractivity contribution is 6.05. The van der Waals surface area contributed by atoms with Crippen molar-refractivity contribution in [1.29, 1.82) is 0 Å². The molecule has 1 heterocycles. The van der Waals surface area contributed by atoms with Gasteiger partial charge in [0.05, 0.1) is 6.04 Å². The van der Waals surface area contributed by atoms with Crippen LogP contribution in [-0.4, -0.2) is 0 Å². The van der Waals surface area contributed by atoms with Gasteiger partial charge in [0.1, 0.15) is 11.2 Å². The van der Waals surface area contributed by atoms with Gasteiger partial charge < -0.3 is 10.2 Å². The zero-order valence-corrected chi connectivity index (χ0v) is 13.6. The van der Waals surface area contributed by atoms with E-state index in [1.807, 2.05) is 24.3 Å². The Bertz CT molecular complexity index is 1210. The van der Waals surface area contributed by atoms with E-state index in [1.54, 1.807) is 0 Å². The first-order valence-corrected chi connectivity index (χ1v) is 8.46. The van der Waals surface area contributed by atoms with E-state index < -0.39 is 0 Å². The SMILES string of the molecule is NC(c1ccc2oc3ccccc3c2c1)c1cccc2ccccc12. The summed E-state index contributed by atoms with van der Waals surface area (Å²) < 4.78 is 5.92. The van der Waals surface area contributed by atoms with Crippen LogP contribution in [0.4, 0.5) is 0 Å². The summed E-state index contributed by atoms with van der Waals surface area (Å²) >= 11 is 0. The van der Waals surface area contributed by atoms with E-state index in [4.69, 9.17) is 10.2 Å². The molecule has 0 saturated carbocycles. The second-order valence-corrected chi connectivity index (χ2v) is 6.40. The van der Waals surface area contributed by atoms with Crippen LogP contribution in [0.15, 0.2) is 89.3 Å². The molecule has 25 heavy (non-hydrogen) atoms. The molecule has 2 N–H and O–H groups in total. The van der Waals surface area contributed by atoms with Gasteiger partial charge in [0, 0.05) is 10.8 Å². The molecule has 2 nitrogen and oxygen atoms in total. The average molecular weight is 323 g/mol. The summed E-state index contributed by atoms with van der Waals surface area (Å²) in [5.41, 5.74) is 10.7. The van der Waals surface area contributed by atoms with Crippen molar-refractivity contribution in [3.63, 3.8) is 0 Å². The van der Waals surface area contributed by atoms with Crippen molar-refractivity contribution in [2.24, 2.45) is 5.73 Å². The molecule has 0 spiro atoms. The standard InChI is InChI=1S/C23H17NO/c24-23(19-10-5-7-15-6-1-2-8-17(15)19)16-12-13-22-20(14-16)18-9-3-4-11-21(18)25-22/h1-14,23H,24H2. The van der Waals surface area contributed by atoms with Gasteiger partial charge in [-0.2, -0.15) is 0 Å². The maximum absolute atomic E-state index is 6.66. The highest BCUT2D eigenvalue weighted by Gasteiger charge is 2.14. The predicted molar refractivity (Wildman–Crippen MR) is 104 cm³/mol. The van der Waals surface area contributed by atoms with Gasteiger partial charge in [-0.15, -0.1) is 0 Å². The van der Waals surface area contributed by atoms with Crippen molar-refractivity contribution in [1.82, 2.24) is 0 Å². The molecule has 0 aliphatic heterocycles. The fourth-order valence-corrected chi connectivity index (χ4v) is 3.64. The van der Waals surface area contributed by atoms with Crippen LogP contribution in [0.25, 0.3) is 32.7 Å². The van der Waals surface area contributed by atoms with Crippen molar-refractivity contribution in [3.8, 4) is 0 Å². The Labute approximate surface area is 145 Å². The Balaban J connectivity index is 1.70. The molecule has 5 rings (SSSR count). The minimum Gasteiger partial charge on any atom is -0.456 e. The largest absolute Gasteiger partial charge is 0.456 e. The first-order chi connectivity index (χ1) is 12.3. The van der Waals surface area contributed by atoms with E-state index in [0.717, 1.165) is 33.1 Å². The minimum absolute atomic E-state index is 0.177. The van der Waals surface area contributed by atoms with Crippen molar-refractivity contribution in [2.75, 3.05) is 0 Å². The lowest BCUT2D eigenvalue weighted by atomic mass is 9.93. The molecule has 0 aliphatic rings. The molecule has 0 aliphatic carbocycles. The van der Waals surface area contributed by atoms with E-state index in [-0.39, 0.29) is 6.04 Å². The number of hydrogen-bond donors (Lipinski definition) is 1. The Morgan fingerprint density at radius 1 is 0.640 bits per heavy atom. The number of benzene rings is 4. The van der Waals surface area contributed by atoms with Gasteiger partial charge in [0.2, 0.25) is 0 Å². The topological polar surface area (TPSA) is 39.2 Å². The highest BCUT2D eigenvalue weighted by Crippen LogP contribution is 2.33. The summed E-state index contributed by atoms with van der Waals surface area (Å²) in [6.07, 6.45) is 0. The van der Waals surface area contributed by atoms with E-state index in [0.29, 0.717) is 0 Å². The third-order valence-electron chi connectivity index (χ3n) is 4.92. The van der Waals surface area contributed by atoms with Crippen molar-refractivity contribution < 1.29 is 4.42 Å². The number of rotatable bonds is 2. The van der Waals surface area contributed by atoms with Gasteiger partial charge in [-0.05, 0) is 40.1 Å². The van der Waals surface area contributed by atoms with Gasteiger partial charge in [0.15, 0.2) is 0 Å². The lowest BCUT2D eigenvalue weighted by Crippen LogP contribution is -2.12. The Kier molecular flexibility index (Phi) is 3.12. The van der Waals surface area contributed by atoms with Crippen LogP contribution in [0.2, 0.25) is 0 Å². The zero-order chi connectivity index (χ0) is 16.8. The van der Waals surface area contributed by atoms with Gasteiger partial charge in [0.25, 0.3) is 0 Å². The normalized spacial score (nSPS) is 12.8. The van der Waals surface area contributed by atoms with Crippen LogP contribution in [0.1, 0.15) is 17.2 Å². The van der Waals surface area contributed by atoms with E-state index in [1.165, 1.54) is 10.8 Å². The average Bonchev–Trinajstić information content (AvgIpc) is 3.05. The second-order valence-electron chi connectivity index (χ2n) is 6.40. The summed E-state index contributed by atoms with van der Waals surface area (Å²) in [7, 11) is 0. The van der Waals surface area contributed by atoms with E-state index in [9.17, 15) is 0 Å². The summed E-state index contributed by atoms with van der Waals surface area (Å²) in [6.45, 7) is 0. The predicted octanol–water partition coefficient (Wildman–Crippen LogP) is 5.79. The second kappa shape index (κ2) is 5.47. The summed E-state index contributed by atoms with van der Waals surface area (Å²) in [5.74, 6) is 0. The maximum atomic E-state index is 6.66. The Morgan fingerprint density at radius 3 is 2.28 bits per heavy atom. The lowest BCUT2D eigenvalue weighted by Gasteiger charge is -2.15. The van der Waals surface area contributed by atoms with Crippen LogP contribution in [-0.2, 0) is 0 Å². The number of hydrogen-bond acceptors (Lipinski definition) is 2. The lowest BCUT2D eigenvalue weighted by molar-refractivity contribution is 0.668. The number of para-hydroxylation sites is 1. The van der Waals surface area contributed by atoms with Gasteiger partial charge in [-0.1, -0.05) is 66.7 Å². The molecule has 0 amide bonds. The molecule has 1 unspecified atom stereocenters. The molecular formula is C23H17NO. The molecule has 0 bridgehead atoms. The number of nitrogens with two attached hydrogens (primary N) is 1. The summed E-state index contributed by atoms with van der Waals surface area (Å²) in [4.78, 5) is 0. The number of furan rings is 1. The highest BCUT2D eigenvalue weighted by atomic mass is 16.3. The molecule has 5 aromatic rings. The number of fused-ring (bicyclic) bond motifs is 4. The smallest absolute Gasteiger partial charge is 0.135 e. The molecule has 0 radical (unpaired) electrons. The van der Waals surface area contributed by atoms with Crippen LogP contribution in [0, 0.1) is 0 Å². The molecule has 1 atom stereocenters. The quantitative estimate of drug-likeness (QED) is 0.447. The molecule has 0 fully saturated rings. The maximum Gasteiger partial charge on any atom is 0.135 e. The van der Waals surface area contributed by atoms with Gasteiger partial charge >= 0.3 is 0 Å². The minimum atomic E-state index is -0.177. The first-order valence-electron chi connectivity index (χ1n) is 8.46.